The number of benzene rings is 1. The lowest BCUT2D eigenvalue weighted by atomic mass is 10.00. The minimum atomic E-state index is 0.0596. The van der Waals surface area contributed by atoms with E-state index in [-0.39, 0.29) is 11.9 Å². The molecule has 1 amide bonds. The molecule has 1 atom stereocenters. The summed E-state index contributed by atoms with van der Waals surface area (Å²) in [6.07, 6.45) is 1.89. The molecule has 19 heavy (non-hydrogen) atoms. The number of rotatable bonds is 3. The Bertz CT molecular complexity index is 457. The Morgan fingerprint density at radius 1 is 1.47 bits per heavy atom. The molecule has 1 N–H and O–H groups in total. The Hall–Kier alpha value is -1.55. The molecule has 0 saturated carbocycles. The molecule has 0 aromatic heterocycles. The number of fused-ring (bicyclic) bond motifs is 1. The fourth-order valence-electron chi connectivity index (χ4n) is 2.44. The van der Waals surface area contributed by atoms with Crippen molar-refractivity contribution in [3.63, 3.8) is 0 Å². The van der Waals surface area contributed by atoms with Crippen LogP contribution in [0.4, 0.5) is 0 Å². The van der Waals surface area contributed by atoms with E-state index in [1.54, 1.807) is 0 Å². The number of hydrogen-bond acceptors (Lipinski definition) is 3. The van der Waals surface area contributed by atoms with Crippen LogP contribution in [0.3, 0.4) is 0 Å². The standard InChI is InChI=1S/C15H22N2O2/c1-11-6-4-7-12-13(8-5-9-19-15(11)12)16-14(18)10-17(2)3/h4,6-7,13H,5,8-10H2,1-3H3,(H,16,18). The normalized spacial score (nSPS) is 18.4. The van der Waals surface area contributed by atoms with Gasteiger partial charge in [-0.2, -0.15) is 0 Å². The molecule has 1 aliphatic rings. The summed E-state index contributed by atoms with van der Waals surface area (Å²) in [5, 5.41) is 3.11. The van der Waals surface area contributed by atoms with E-state index in [0.29, 0.717) is 6.54 Å². The third-order valence-corrected chi connectivity index (χ3v) is 3.30. The fraction of sp³-hybridized carbons (Fsp3) is 0.533. The van der Waals surface area contributed by atoms with E-state index >= 15 is 0 Å². The number of likely N-dealkylation sites (N-methyl/N-ethyl adjacent to an activating group) is 1. The Morgan fingerprint density at radius 2 is 2.26 bits per heavy atom. The number of carbonyl (C=O) groups is 1. The summed E-state index contributed by atoms with van der Waals surface area (Å²) in [5.74, 6) is 1.000. The van der Waals surface area contributed by atoms with Crippen LogP contribution in [0.1, 0.15) is 30.0 Å². The molecule has 0 fully saturated rings. The number of nitrogens with zero attached hydrogens (tertiary/aromatic N) is 1. The second kappa shape index (κ2) is 6.06. The first-order chi connectivity index (χ1) is 9.08. The molecule has 1 aliphatic heterocycles. The maximum atomic E-state index is 11.9. The van der Waals surface area contributed by atoms with E-state index in [0.717, 1.165) is 36.3 Å². The van der Waals surface area contributed by atoms with Gasteiger partial charge in [-0.1, -0.05) is 18.2 Å². The lowest BCUT2D eigenvalue weighted by molar-refractivity contribution is -0.122. The maximum Gasteiger partial charge on any atom is 0.234 e. The van der Waals surface area contributed by atoms with Gasteiger partial charge in [-0.25, -0.2) is 0 Å². The molecule has 104 valence electrons. The van der Waals surface area contributed by atoms with E-state index in [4.69, 9.17) is 4.74 Å². The number of hydrogen-bond donors (Lipinski definition) is 1. The summed E-state index contributed by atoms with van der Waals surface area (Å²) in [5.41, 5.74) is 2.23. The molecule has 1 aromatic rings. The second-order valence-corrected chi connectivity index (χ2v) is 5.34. The summed E-state index contributed by atoms with van der Waals surface area (Å²) >= 11 is 0. The lowest BCUT2D eigenvalue weighted by Gasteiger charge is -2.20. The number of para-hydroxylation sites is 1. The average molecular weight is 262 g/mol. The van der Waals surface area contributed by atoms with Crippen molar-refractivity contribution >= 4 is 5.91 Å². The van der Waals surface area contributed by atoms with Crippen LogP contribution in [0.2, 0.25) is 0 Å². The number of nitrogens with one attached hydrogen (secondary N) is 1. The third kappa shape index (κ3) is 3.47. The highest BCUT2D eigenvalue weighted by Gasteiger charge is 2.22. The van der Waals surface area contributed by atoms with E-state index in [2.05, 4.69) is 5.32 Å². The van der Waals surface area contributed by atoms with Crippen LogP contribution in [-0.2, 0) is 4.79 Å². The molecular weight excluding hydrogens is 240 g/mol. The van der Waals surface area contributed by atoms with Crippen LogP contribution < -0.4 is 10.1 Å². The minimum Gasteiger partial charge on any atom is -0.493 e. The molecule has 2 rings (SSSR count). The van der Waals surface area contributed by atoms with Crippen LogP contribution in [0, 0.1) is 6.92 Å². The number of aryl methyl sites for hydroxylation is 1. The van der Waals surface area contributed by atoms with Crippen molar-refractivity contribution in [2.45, 2.75) is 25.8 Å². The average Bonchev–Trinajstić information content (AvgIpc) is 2.52. The van der Waals surface area contributed by atoms with E-state index in [1.165, 1.54) is 0 Å². The van der Waals surface area contributed by atoms with Gasteiger partial charge < -0.3 is 15.0 Å². The van der Waals surface area contributed by atoms with Gasteiger partial charge in [0.2, 0.25) is 5.91 Å². The highest BCUT2D eigenvalue weighted by molar-refractivity contribution is 5.78. The third-order valence-electron chi connectivity index (χ3n) is 3.30. The van der Waals surface area contributed by atoms with Gasteiger partial charge in [0, 0.05) is 5.56 Å². The molecule has 0 radical (unpaired) electrons. The zero-order valence-electron chi connectivity index (χ0n) is 11.9. The Morgan fingerprint density at radius 3 is 3.00 bits per heavy atom. The predicted octanol–water partition coefficient (Wildman–Crippen LogP) is 1.89. The van der Waals surface area contributed by atoms with Crippen molar-refractivity contribution in [2.24, 2.45) is 0 Å². The van der Waals surface area contributed by atoms with Gasteiger partial charge in [-0.05, 0) is 39.4 Å². The SMILES string of the molecule is Cc1cccc2c1OCCCC2NC(=O)CN(C)C. The Kier molecular flexibility index (Phi) is 4.43. The van der Waals surface area contributed by atoms with Crippen molar-refractivity contribution < 1.29 is 9.53 Å². The van der Waals surface area contributed by atoms with Crippen molar-refractivity contribution in [3.05, 3.63) is 29.3 Å². The minimum absolute atomic E-state index is 0.0596. The first kappa shape index (κ1) is 13.9. The number of amides is 1. The van der Waals surface area contributed by atoms with Crippen molar-refractivity contribution in [1.29, 1.82) is 0 Å². The summed E-state index contributed by atoms with van der Waals surface area (Å²) in [7, 11) is 3.79. The van der Waals surface area contributed by atoms with Crippen LogP contribution >= 0.6 is 0 Å². The first-order valence-corrected chi connectivity index (χ1v) is 6.74. The predicted molar refractivity (Wildman–Crippen MR) is 75.3 cm³/mol. The Balaban J connectivity index is 2.18. The zero-order valence-corrected chi connectivity index (χ0v) is 11.9. The van der Waals surface area contributed by atoms with Gasteiger partial charge in [0.05, 0.1) is 19.2 Å². The zero-order chi connectivity index (χ0) is 13.8. The van der Waals surface area contributed by atoms with Gasteiger partial charge >= 0.3 is 0 Å². The van der Waals surface area contributed by atoms with Crippen LogP contribution in [0.25, 0.3) is 0 Å². The summed E-state index contributed by atoms with van der Waals surface area (Å²) in [6.45, 7) is 3.18. The molecule has 0 saturated heterocycles. The van der Waals surface area contributed by atoms with Gasteiger partial charge in [0.15, 0.2) is 0 Å². The van der Waals surface area contributed by atoms with Gasteiger partial charge in [0.1, 0.15) is 5.75 Å². The number of ether oxygens (including phenoxy) is 1. The molecule has 4 heteroatoms. The molecule has 0 bridgehead atoms. The first-order valence-electron chi connectivity index (χ1n) is 6.74. The molecule has 1 unspecified atom stereocenters. The largest absolute Gasteiger partial charge is 0.493 e. The highest BCUT2D eigenvalue weighted by atomic mass is 16.5. The van der Waals surface area contributed by atoms with Crippen molar-refractivity contribution in [1.82, 2.24) is 10.2 Å². The Labute approximate surface area is 114 Å². The van der Waals surface area contributed by atoms with Crippen LogP contribution in [-0.4, -0.2) is 38.1 Å². The molecule has 1 aromatic carbocycles. The summed E-state index contributed by atoms with van der Waals surface area (Å²) in [4.78, 5) is 13.8. The lowest BCUT2D eigenvalue weighted by Crippen LogP contribution is -2.35. The van der Waals surface area contributed by atoms with Crippen LogP contribution in [0.5, 0.6) is 5.75 Å². The monoisotopic (exact) mass is 262 g/mol. The fourth-order valence-corrected chi connectivity index (χ4v) is 2.44. The maximum absolute atomic E-state index is 11.9. The van der Waals surface area contributed by atoms with Crippen molar-refractivity contribution in [3.8, 4) is 5.75 Å². The summed E-state index contributed by atoms with van der Waals surface area (Å²) < 4.78 is 5.81. The molecular formula is C15H22N2O2. The molecule has 4 nitrogen and oxygen atoms in total. The molecule has 0 aliphatic carbocycles. The van der Waals surface area contributed by atoms with E-state index in [9.17, 15) is 4.79 Å². The number of carbonyl (C=O) groups excluding carboxylic acids is 1. The molecule has 1 heterocycles. The van der Waals surface area contributed by atoms with E-state index in [1.807, 2.05) is 44.1 Å². The second-order valence-electron chi connectivity index (χ2n) is 5.34. The van der Waals surface area contributed by atoms with Crippen LogP contribution in [0.15, 0.2) is 18.2 Å². The smallest absolute Gasteiger partial charge is 0.234 e. The van der Waals surface area contributed by atoms with Gasteiger partial charge in [-0.15, -0.1) is 0 Å². The van der Waals surface area contributed by atoms with Gasteiger partial charge in [-0.3, -0.25) is 4.79 Å². The summed E-state index contributed by atoms with van der Waals surface area (Å²) in [6, 6.07) is 6.18. The topological polar surface area (TPSA) is 41.6 Å². The van der Waals surface area contributed by atoms with E-state index < -0.39 is 0 Å². The molecule has 0 spiro atoms. The van der Waals surface area contributed by atoms with Gasteiger partial charge in [0.25, 0.3) is 0 Å². The van der Waals surface area contributed by atoms with Crippen molar-refractivity contribution in [2.75, 3.05) is 27.2 Å². The highest BCUT2D eigenvalue weighted by Crippen LogP contribution is 2.33. The quantitative estimate of drug-likeness (QED) is 0.904.